The Hall–Kier alpha value is -2.64. The van der Waals surface area contributed by atoms with Crippen molar-refractivity contribution in [2.75, 3.05) is 24.5 Å². The van der Waals surface area contributed by atoms with Crippen molar-refractivity contribution in [2.24, 2.45) is 5.92 Å². The van der Waals surface area contributed by atoms with Gasteiger partial charge in [-0.05, 0) is 31.4 Å². The maximum absolute atomic E-state index is 12.2. The standard InChI is InChI=1S/C17H23N3O5/c1-2-5-13(17(22)23)11-18-16(21)12-6-7-14(15(10-12)20(24)25)19-8-3-4-9-19/h6-7,10,13H,2-5,8-9,11H2,1H3,(H,18,21)(H,22,23). The van der Waals surface area contributed by atoms with E-state index < -0.39 is 22.7 Å². The van der Waals surface area contributed by atoms with Crippen molar-refractivity contribution in [3.8, 4) is 0 Å². The SMILES string of the molecule is CCCC(CNC(=O)c1ccc(N2CCCC2)c([N+](=O)[O-])c1)C(=O)O. The number of amides is 1. The van der Waals surface area contributed by atoms with Gasteiger partial charge in [-0.2, -0.15) is 0 Å². The Morgan fingerprint density at radius 2 is 2.04 bits per heavy atom. The van der Waals surface area contributed by atoms with Gasteiger partial charge in [0.1, 0.15) is 5.69 Å². The molecule has 1 amide bonds. The molecule has 0 aliphatic carbocycles. The second-order valence-electron chi connectivity index (χ2n) is 6.19. The molecule has 1 saturated heterocycles. The van der Waals surface area contributed by atoms with Crippen LogP contribution in [0.5, 0.6) is 0 Å². The smallest absolute Gasteiger partial charge is 0.308 e. The molecule has 1 fully saturated rings. The first-order valence-corrected chi connectivity index (χ1v) is 8.48. The number of carboxylic acid groups (broad SMARTS) is 1. The molecule has 0 aromatic heterocycles. The number of carboxylic acids is 1. The fourth-order valence-corrected chi connectivity index (χ4v) is 3.02. The molecule has 1 aliphatic rings. The van der Waals surface area contributed by atoms with E-state index in [2.05, 4.69) is 5.32 Å². The summed E-state index contributed by atoms with van der Waals surface area (Å²) in [5.74, 6) is -2.12. The molecular weight excluding hydrogens is 326 g/mol. The lowest BCUT2D eigenvalue weighted by Gasteiger charge is -2.18. The second-order valence-corrected chi connectivity index (χ2v) is 6.19. The van der Waals surface area contributed by atoms with Crippen LogP contribution >= 0.6 is 0 Å². The second kappa shape index (κ2) is 8.46. The third-order valence-electron chi connectivity index (χ3n) is 4.38. The first-order valence-electron chi connectivity index (χ1n) is 8.48. The number of anilines is 1. The number of aliphatic carboxylic acids is 1. The van der Waals surface area contributed by atoms with Crippen molar-refractivity contribution in [1.82, 2.24) is 5.32 Å². The maximum atomic E-state index is 12.2. The molecule has 1 heterocycles. The Morgan fingerprint density at radius 3 is 2.60 bits per heavy atom. The van der Waals surface area contributed by atoms with Crippen LogP contribution in [0.25, 0.3) is 0 Å². The predicted molar refractivity (Wildman–Crippen MR) is 92.9 cm³/mol. The third-order valence-corrected chi connectivity index (χ3v) is 4.38. The Bertz CT molecular complexity index is 656. The molecular formula is C17H23N3O5. The molecule has 0 bridgehead atoms. The predicted octanol–water partition coefficient (Wildman–Crippen LogP) is 2.43. The van der Waals surface area contributed by atoms with Crippen LogP contribution in [0.15, 0.2) is 18.2 Å². The van der Waals surface area contributed by atoms with E-state index in [1.165, 1.54) is 6.07 Å². The van der Waals surface area contributed by atoms with Crippen molar-refractivity contribution >= 4 is 23.3 Å². The summed E-state index contributed by atoms with van der Waals surface area (Å²) in [5, 5.41) is 23.0. The van der Waals surface area contributed by atoms with Gasteiger partial charge in [0.2, 0.25) is 0 Å². The monoisotopic (exact) mass is 349 g/mol. The Balaban J connectivity index is 2.13. The van der Waals surface area contributed by atoms with Crippen LogP contribution in [0.4, 0.5) is 11.4 Å². The Kier molecular flexibility index (Phi) is 6.32. The summed E-state index contributed by atoms with van der Waals surface area (Å²) in [5.41, 5.74) is 0.585. The molecule has 1 aromatic carbocycles. The summed E-state index contributed by atoms with van der Waals surface area (Å²) in [6.07, 6.45) is 3.15. The van der Waals surface area contributed by atoms with Crippen LogP contribution in [0.3, 0.4) is 0 Å². The fourth-order valence-electron chi connectivity index (χ4n) is 3.02. The van der Waals surface area contributed by atoms with Gasteiger partial charge in [-0.25, -0.2) is 0 Å². The molecule has 25 heavy (non-hydrogen) atoms. The van der Waals surface area contributed by atoms with Gasteiger partial charge in [-0.3, -0.25) is 19.7 Å². The van der Waals surface area contributed by atoms with Crippen molar-refractivity contribution < 1.29 is 19.6 Å². The largest absolute Gasteiger partial charge is 0.481 e. The summed E-state index contributed by atoms with van der Waals surface area (Å²) in [6.45, 7) is 3.41. The van der Waals surface area contributed by atoms with Crippen molar-refractivity contribution in [1.29, 1.82) is 0 Å². The number of carbonyl (C=O) groups excluding carboxylic acids is 1. The van der Waals surface area contributed by atoms with Crippen LogP contribution < -0.4 is 10.2 Å². The van der Waals surface area contributed by atoms with E-state index in [4.69, 9.17) is 5.11 Å². The highest BCUT2D eigenvalue weighted by Crippen LogP contribution is 2.31. The van der Waals surface area contributed by atoms with Gasteiger partial charge in [-0.1, -0.05) is 13.3 Å². The quantitative estimate of drug-likeness (QED) is 0.550. The summed E-state index contributed by atoms with van der Waals surface area (Å²) in [6, 6.07) is 4.41. The first kappa shape index (κ1) is 18.7. The van der Waals surface area contributed by atoms with Crippen molar-refractivity contribution in [3.05, 3.63) is 33.9 Å². The highest BCUT2D eigenvalue weighted by molar-refractivity contribution is 5.96. The molecule has 1 unspecified atom stereocenters. The number of nitrogens with one attached hydrogen (secondary N) is 1. The van der Waals surface area contributed by atoms with E-state index in [0.717, 1.165) is 25.9 Å². The van der Waals surface area contributed by atoms with Crippen molar-refractivity contribution in [3.63, 3.8) is 0 Å². The van der Waals surface area contributed by atoms with Crippen LogP contribution in [0.1, 0.15) is 43.0 Å². The third kappa shape index (κ3) is 4.68. The van der Waals surface area contributed by atoms with Crippen LogP contribution in [-0.4, -0.2) is 41.5 Å². The van der Waals surface area contributed by atoms with Gasteiger partial charge in [0.05, 0.1) is 10.8 Å². The highest BCUT2D eigenvalue weighted by Gasteiger charge is 2.24. The average Bonchev–Trinajstić information content (AvgIpc) is 3.11. The number of nitrogens with zero attached hydrogens (tertiary/aromatic N) is 2. The van der Waals surface area contributed by atoms with Crippen molar-refractivity contribution in [2.45, 2.75) is 32.6 Å². The molecule has 1 aliphatic heterocycles. The molecule has 0 spiro atoms. The minimum atomic E-state index is -0.961. The van der Waals surface area contributed by atoms with Gasteiger partial charge >= 0.3 is 5.97 Å². The molecule has 136 valence electrons. The lowest BCUT2D eigenvalue weighted by atomic mass is 10.0. The molecule has 1 aromatic rings. The minimum absolute atomic E-state index is 0.00365. The van der Waals surface area contributed by atoms with Gasteiger partial charge < -0.3 is 15.3 Å². The number of carbonyl (C=O) groups is 2. The van der Waals surface area contributed by atoms with E-state index in [9.17, 15) is 19.7 Å². The normalized spacial score (nSPS) is 15.0. The highest BCUT2D eigenvalue weighted by atomic mass is 16.6. The maximum Gasteiger partial charge on any atom is 0.308 e. The van der Waals surface area contributed by atoms with Crippen LogP contribution in [0.2, 0.25) is 0 Å². The zero-order chi connectivity index (χ0) is 18.4. The van der Waals surface area contributed by atoms with E-state index in [1.807, 2.05) is 11.8 Å². The van der Waals surface area contributed by atoms with Gasteiger partial charge in [-0.15, -0.1) is 0 Å². The summed E-state index contributed by atoms with van der Waals surface area (Å²) < 4.78 is 0. The van der Waals surface area contributed by atoms with Gasteiger partial charge in [0, 0.05) is 31.3 Å². The van der Waals surface area contributed by atoms with Crippen LogP contribution in [0, 0.1) is 16.0 Å². The summed E-state index contributed by atoms with van der Waals surface area (Å²) in [7, 11) is 0. The molecule has 2 rings (SSSR count). The average molecular weight is 349 g/mol. The number of nitro groups is 1. The number of benzene rings is 1. The molecule has 0 saturated carbocycles. The lowest BCUT2D eigenvalue weighted by Crippen LogP contribution is -2.33. The number of nitro benzene ring substituents is 1. The Morgan fingerprint density at radius 1 is 1.36 bits per heavy atom. The zero-order valence-electron chi connectivity index (χ0n) is 14.2. The molecule has 2 N–H and O–H groups in total. The fraction of sp³-hybridized carbons (Fsp3) is 0.529. The molecule has 1 atom stereocenters. The Labute approximate surface area is 146 Å². The number of hydrogen-bond acceptors (Lipinski definition) is 5. The van der Waals surface area contributed by atoms with E-state index in [1.54, 1.807) is 12.1 Å². The minimum Gasteiger partial charge on any atom is -0.481 e. The van der Waals surface area contributed by atoms with Gasteiger partial charge in [0.25, 0.3) is 11.6 Å². The zero-order valence-corrected chi connectivity index (χ0v) is 14.2. The summed E-state index contributed by atoms with van der Waals surface area (Å²) >= 11 is 0. The van der Waals surface area contributed by atoms with E-state index in [-0.39, 0.29) is 17.8 Å². The van der Waals surface area contributed by atoms with Crippen LogP contribution in [-0.2, 0) is 4.79 Å². The van der Waals surface area contributed by atoms with Gasteiger partial charge in [0.15, 0.2) is 0 Å². The summed E-state index contributed by atoms with van der Waals surface area (Å²) in [4.78, 5) is 36.2. The van der Waals surface area contributed by atoms with E-state index >= 15 is 0 Å². The molecule has 0 radical (unpaired) electrons. The number of hydrogen-bond donors (Lipinski definition) is 2. The van der Waals surface area contributed by atoms with E-state index in [0.29, 0.717) is 18.5 Å². The number of rotatable bonds is 8. The molecule has 8 heteroatoms. The molecule has 8 nitrogen and oxygen atoms in total. The topological polar surface area (TPSA) is 113 Å². The lowest BCUT2D eigenvalue weighted by molar-refractivity contribution is -0.384. The first-order chi connectivity index (χ1) is 11.9.